The normalized spacial score (nSPS) is 10.1. The monoisotopic (exact) mass is 151 g/mol. The van der Waals surface area contributed by atoms with Crippen molar-refractivity contribution in [2.45, 2.75) is 20.4 Å². The first-order valence-corrected chi connectivity index (χ1v) is 3.58. The lowest BCUT2D eigenvalue weighted by Crippen LogP contribution is -2.05. The first-order valence-electron chi connectivity index (χ1n) is 3.58. The maximum absolute atomic E-state index is 5.53. The first-order chi connectivity index (χ1) is 5.15. The van der Waals surface area contributed by atoms with E-state index < -0.39 is 0 Å². The first kappa shape index (κ1) is 8.01. The van der Waals surface area contributed by atoms with Gasteiger partial charge in [-0.25, -0.2) is 4.98 Å². The van der Waals surface area contributed by atoms with Gasteiger partial charge in [0.15, 0.2) is 0 Å². The summed E-state index contributed by atoms with van der Waals surface area (Å²) in [5.74, 6) is 0.567. The number of hydrogen-bond donors (Lipinski definition) is 2. The van der Waals surface area contributed by atoms with E-state index in [4.69, 9.17) is 11.5 Å². The molecule has 60 valence electrons. The van der Waals surface area contributed by atoms with Crippen molar-refractivity contribution in [1.29, 1.82) is 0 Å². The molecular weight excluding hydrogens is 138 g/mol. The lowest BCUT2D eigenvalue weighted by atomic mass is 10.1. The largest absolute Gasteiger partial charge is 0.384 e. The Morgan fingerprint density at radius 1 is 1.45 bits per heavy atom. The maximum Gasteiger partial charge on any atom is 0.123 e. The summed E-state index contributed by atoms with van der Waals surface area (Å²) in [5, 5.41) is 0. The van der Waals surface area contributed by atoms with Crippen LogP contribution in [0.3, 0.4) is 0 Å². The predicted molar refractivity (Wildman–Crippen MR) is 46.0 cm³/mol. The molecule has 0 spiro atoms. The van der Waals surface area contributed by atoms with Crippen LogP contribution in [0.5, 0.6) is 0 Å². The average molecular weight is 151 g/mol. The molecule has 1 aromatic rings. The number of pyridine rings is 1. The van der Waals surface area contributed by atoms with Gasteiger partial charge in [0.1, 0.15) is 5.82 Å². The molecule has 3 nitrogen and oxygen atoms in total. The molecule has 0 aliphatic carbocycles. The molecule has 0 unspecified atom stereocenters. The average Bonchev–Trinajstić information content (AvgIpc) is 1.85. The van der Waals surface area contributed by atoms with Crippen LogP contribution < -0.4 is 11.5 Å². The topological polar surface area (TPSA) is 64.9 Å². The fraction of sp³-hybridized carbons (Fsp3) is 0.375. The highest BCUT2D eigenvalue weighted by atomic mass is 14.8. The Bertz CT molecular complexity index is 245. The SMILES string of the molecule is Cc1cc(N)nc(C)c1CN. The Morgan fingerprint density at radius 2 is 2.09 bits per heavy atom. The van der Waals surface area contributed by atoms with Gasteiger partial charge in [0.25, 0.3) is 0 Å². The van der Waals surface area contributed by atoms with Gasteiger partial charge in [0.05, 0.1) is 0 Å². The zero-order valence-corrected chi connectivity index (χ0v) is 6.89. The van der Waals surface area contributed by atoms with Crippen LogP contribution in [0.2, 0.25) is 0 Å². The fourth-order valence-corrected chi connectivity index (χ4v) is 1.20. The lowest BCUT2D eigenvalue weighted by molar-refractivity contribution is 0.990. The van der Waals surface area contributed by atoms with Crippen molar-refractivity contribution in [2.24, 2.45) is 5.73 Å². The summed E-state index contributed by atoms with van der Waals surface area (Å²) in [4.78, 5) is 4.10. The Labute approximate surface area is 66.4 Å². The summed E-state index contributed by atoms with van der Waals surface area (Å²) in [6.45, 7) is 4.45. The highest BCUT2D eigenvalue weighted by Crippen LogP contribution is 2.13. The molecule has 0 aromatic carbocycles. The van der Waals surface area contributed by atoms with Gasteiger partial charge in [0.2, 0.25) is 0 Å². The summed E-state index contributed by atoms with van der Waals surface area (Å²) in [6, 6.07) is 1.84. The molecule has 0 bridgehead atoms. The van der Waals surface area contributed by atoms with Crippen molar-refractivity contribution >= 4 is 5.82 Å². The molecular formula is C8H13N3. The number of nitrogens with two attached hydrogens (primary N) is 2. The number of anilines is 1. The summed E-state index contributed by atoms with van der Waals surface area (Å²) in [6.07, 6.45) is 0. The second kappa shape index (κ2) is 2.88. The van der Waals surface area contributed by atoms with Crippen LogP contribution in [0.15, 0.2) is 6.07 Å². The van der Waals surface area contributed by atoms with Gasteiger partial charge in [-0.05, 0) is 31.0 Å². The van der Waals surface area contributed by atoms with Crippen molar-refractivity contribution in [3.8, 4) is 0 Å². The molecule has 0 aliphatic heterocycles. The second-order valence-corrected chi connectivity index (χ2v) is 2.63. The smallest absolute Gasteiger partial charge is 0.123 e. The number of nitrogens with zero attached hydrogens (tertiary/aromatic N) is 1. The highest BCUT2D eigenvalue weighted by molar-refractivity contribution is 5.39. The van der Waals surface area contributed by atoms with Crippen LogP contribution in [0.1, 0.15) is 16.8 Å². The van der Waals surface area contributed by atoms with E-state index in [0.717, 1.165) is 16.8 Å². The molecule has 0 saturated carbocycles. The van der Waals surface area contributed by atoms with Crippen molar-refractivity contribution in [2.75, 3.05) is 5.73 Å². The maximum atomic E-state index is 5.53. The summed E-state index contributed by atoms with van der Waals surface area (Å²) in [5.41, 5.74) is 14.2. The van der Waals surface area contributed by atoms with Gasteiger partial charge >= 0.3 is 0 Å². The number of aryl methyl sites for hydroxylation is 2. The minimum Gasteiger partial charge on any atom is -0.384 e. The van der Waals surface area contributed by atoms with Crippen molar-refractivity contribution in [1.82, 2.24) is 4.98 Å². The molecule has 0 amide bonds. The van der Waals surface area contributed by atoms with Crippen LogP contribution in [-0.2, 0) is 6.54 Å². The van der Waals surface area contributed by atoms with Crippen molar-refractivity contribution < 1.29 is 0 Å². The third kappa shape index (κ3) is 1.49. The summed E-state index contributed by atoms with van der Waals surface area (Å²) in [7, 11) is 0. The number of hydrogen-bond acceptors (Lipinski definition) is 3. The zero-order valence-electron chi connectivity index (χ0n) is 6.89. The van der Waals surface area contributed by atoms with E-state index in [1.165, 1.54) is 0 Å². The van der Waals surface area contributed by atoms with Gasteiger partial charge in [0, 0.05) is 12.2 Å². The molecule has 0 saturated heterocycles. The van der Waals surface area contributed by atoms with Crippen LogP contribution in [0, 0.1) is 13.8 Å². The van der Waals surface area contributed by atoms with E-state index in [0.29, 0.717) is 12.4 Å². The van der Waals surface area contributed by atoms with Gasteiger partial charge in [-0.2, -0.15) is 0 Å². The van der Waals surface area contributed by atoms with Crippen molar-refractivity contribution in [3.63, 3.8) is 0 Å². The van der Waals surface area contributed by atoms with E-state index in [1.807, 2.05) is 19.9 Å². The van der Waals surface area contributed by atoms with Crippen LogP contribution in [0.4, 0.5) is 5.82 Å². The third-order valence-corrected chi connectivity index (χ3v) is 1.78. The van der Waals surface area contributed by atoms with Gasteiger partial charge in [-0.3, -0.25) is 0 Å². The molecule has 1 heterocycles. The number of rotatable bonds is 1. The highest BCUT2D eigenvalue weighted by Gasteiger charge is 2.01. The van der Waals surface area contributed by atoms with E-state index >= 15 is 0 Å². The molecule has 0 atom stereocenters. The third-order valence-electron chi connectivity index (χ3n) is 1.78. The Hall–Kier alpha value is -1.09. The van der Waals surface area contributed by atoms with E-state index in [-0.39, 0.29) is 0 Å². The predicted octanol–water partition coefficient (Wildman–Crippen LogP) is 0.739. The lowest BCUT2D eigenvalue weighted by Gasteiger charge is -2.06. The standard InChI is InChI=1S/C8H13N3/c1-5-3-8(10)11-6(2)7(5)4-9/h3H,4,9H2,1-2H3,(H2,10,11). The second-order valence-electron chi connectivity index (χ2n) is 2.63. The minimum atomic E-state index is 0.533. The molecule has 0 aliphatic rings. The van der Waals surface area contributed by atoms with E-state index in [9.17, 15) is 0 Å². The number of nitrogen functional groups attached to an aromatic ring is 1. The van der Waals surface area contributed by atoms with Crippen molar-refractivity contribution in [3.05, 3.63) is 22.9 Å². The van der Waals surface area contributed by atoms with E-state index in [1.54, 1.807) is 0 Å². The Balaban J connectivity index is 3.25. The molecule has 11 heavy (non-hydrogen) atoms. The van der Waals surface area contributed by atoms with Gasteiger partial charge < -0.3 is 11.5 Å². The fourth-order valence-electron chi connectivity index (χ4n) is 1.20. The Kier molecular flexibility index (Phi) is 2.10. The van der Waals surface area contributed by atoms with Crippen LogP contribution in [-0.4, -0.2) is 4.98 Å². The molecule has 0 radical (unpaired) electrons. The zero-order chi connectivity index (χ0) is 8.43. The van der Waals surface area contributed by atoms with Gasteiger partial charge in [-0.15, -0.1) is 0 Å². The van der Waals surface area contributed by atoms with Crippen LogP contribution in [0.25, 0.3) is 0 Å². The van der Waals surface area contributed by atoms with Gasteiger partial charge in [-0.1, -0.05) is 0 Å². The van der Waals surface area contributed by atoms with Crippen LogP contribution >= 0.6 is 0 Å². The quantitative estimate of drug-likeness (QED) is 0.622. The van der Waals surface area contributed by atoms with E-state index in [2.05, 4.69) is 4.98 Å². The minimum absolute atomic E-state index is 0.533. The Morgan fingerprint density at radius 3 is 2.55 bits per heavy atom. The molecule has 1 rings (SSSR count). The molecule has 3 heteroatoms. The molecule has 0 fully saturated rings. The summed E-state index contributed by atoms with van der Waals surface area (Å²) >= 11 is 0. The molecule has 1 aromatic heterocycles. The molecule has 4 N–H and O–H groups in total. The summed E-state index contributed by atoms with van der Waals surface area (Å²) < 4.78 is 0. The number of aromatic nitrogens is 1.